The summed E-state index contributed by atoms with van der Waals surface area (Å²) >= 11 is 7.83. The molecule has 1 N–H and O–H groups in total. The number of aromatic nitrogens is 2. The van der Waals surface area contributed by atoms with Crippen LogP contribution in [0.3, 0.4) is 0 Å². The molecule has 0 spiro atoms. The van der Waals surface area contributed by atoms with Crippen LogP contribution in [-0.2, 0) is 0 Å². The molecular weight excluding hydrogens is 390 g/mol. The van der Waals surface area contributed by atoms with Gasteiger partial charge in [-0.3, -0.25) is 4.79 Å². The molecule has 2 aromatic carbocycles. The molecule has 2 aromatic heterocycles. The molecule has 5 rings (SSSR count). The normalized spacial score (nSPS) is 15.6. The summed E-state index contributed by atoms with van der Waals surface area (Å²) in [6.07, 6.45) is 1.89. The molecule has 0 saturated carbocycles. The van der Waals surface area contributed by atoms with Gasteiger partial charge in [-0.05, 0) is 44.0 Å². The summed E-state index contributed by atoms with van der Waals surface area (Å²) in [6, 6.07) is 13.9. The quantitative estimate of drug-likeness (QED) is 0.457. The summed E-state index contributed by atoms with van der Waals surface area (Å²) in [5.74, 6) is 0.536. The van der Waals surface area contributed by atoms with Crippen molar-refractivity contribution >= 4 is 50.0 Å². The first-order chi connectivity index (χ1) is 13.6. The van der Waals surface area contributed by atoms with Gasteiger partial charge in [0.25, 0.3) is 5.91 Å². The lowest BCUT2D eigenvalue weighted by Gasteiger charge is -2.31. The lowest BCUT2D eigenvalue weighted by Crippen LogP contribution is -2.38. The predicted molar refractivity (Wildman–Crippen MR) is 116 cm³/mol. The van der Waals surface area contributed by atoms with Crippen molar-refractivity contribution in [3.63, 3.8) is 0 Å². The van der Waals surface area contributed by atoms with E-state index in [-0.39, 0.29) is 5.91 Å². The summed E-state index contributed by atoms with van der Waals surface area (Å²) in [7, 11) is 0. The minimum absolute atomic E-state index is 0.129. The lowest BCUT2D eigenvalue weighted by molar-refractivity contribution is 0.0714. The molecule has 0 radical (unpaired) electrons. The van der Waals surface area contributed by atoms with Crippen LogP contribution in [0.15, 0.2) is 42.5 Å². The van der Waals surface area contributed by atoms with Gasteiger partial charge in [0, 0.05) is 40.6 Å². The maximum atomic E-state index is 13.2. The number of fused-ring (bicyclic) bond motifs is 2. The second-order valence-corrected chi connectivity index (χ2v) is 8.90. The van der Waals surface area contributed by atoms with Crippen molar-refractivity contribution in [3.8, 4) is 0 Å². The van der Waals surface area contributed by atoms with Crippen LogP contribution in [0.2, 0.25) is 5.02 Å². The second kappa shape index (κ2) is 6.90. The van der Waals surface area contributed by atoms with Crippen LogP contribution >= 0.6 is 22.9 Å². The Kier molecular flexibility index (Phi) is 4.37. The number of aryl methyl sites for hydroxylation is 1. The molecule has 4 aromatic rings. The third-order valence-electron chi connectivity index (χ3n) is 5.61. The fourth-order valence-corrected chi connectivity index (χ4v) is 5.42. The third-order valence-corrected chi connectivity index (χ3v) is 7.04. The minimum atomic E-state index is 0.129. The summed E-state index contributed by atoms with van der Waals surface area (Å²) in [4.78, 5) is 23.3. The number of para-hydroxylation sites is 1. The van der Waals surface area contributed by atoms with Crippen LogP contribution in [0.4, 0.5) is 0 Å². The summed E-state index contributed by atoms with van der Waals surface area (Å²) in [5, 5.41) is 2.89. The number of likely N-dealkylation sites (tertiary alicyclic amines) is 1. The number of rotatable bonds is 2. The first-order valence-electron chi connectivity index (χ1n) is 9.53. The van der Waals surface area contributed by atoms with Gasteiger partial charge in [-0.15, -0.1) is 11.3 Å². The molecule has 1 fully saturated rings. The molecule has 0 aliphatic carbocycles. The first-order valence-corrected chi connectivity index (χ1v) is 10.7. The number of hydrogen-bond acceptors (Lipinski definition) is 3. The van der Waals surface area contributed by atoms with Gasteiger partial charge in [-0.1, -0.05) is 29.8 Å². The van der Waals surface area contributed by atoms with E-state index in [1.165, 1.54) is 4.70 Å². The Labute approximate surface area is 172 Å². The Morgan fingerprint density at radius 3 is 2.82 bits per heavy atom. The Morgan fingerprint density at radius 2 is 2.00 bits per heavy atom. The molecule has 28 heavy (non-hydrogen) atoms. The summed E-state index contributed by atoms with van der Waals surface area (Å²) in [6.45, 7) is 3.50. The molecular formula is C22H20ClN3OS. The Bertz CT molecular complexity index is 1190. The number of benzene rings is 2. The first kappa shape index (κ1) is 17.7. The number of piperidine rings is 1. The number of H-pyrrole nitrogens is 1. The van der Waals surface area contributed by atoms with E-state index < -0.39 is 0 Å². The highest BCUT2D eigenvalue weighted by molar-refractivity contribution is 7.18. The van der Waals surface area contributed by atoms with Crippen molar-refractivity contribution in [2.24, 2.45) is 0 Å². The number of hydrogen-bond donors (Lipinski definition) is 1. The average Bonchev–Trinajstić information content (AvgIpc) is 3.27. The van der Waals surface area contributed by atoms with E-state index >= 15 is 0 Å². The van der Waals surface area contributed by atoms with Crippen molar-refractivity contribution in [2.75, 3.05) is 13.1 Å². The number of halogens is 1. The highest BCUT2D eigenvalue weighted by Gasteiger charge is 2.28. The monoisotopic (exact) mass is 409 g/mol. The molecule has 4 nitrogen and oxygen atoms in total. The Hall–Kier alpha value is -2.37. The summed E-state index contributed by atoms with van der Waals surface area (Å²) < 4.78 is 1.17. The molecule has 3 heterocycles. The predicted octanol–water partition coefficient (Wildman–Crippen LogP) is 5.76. The van der Waals surface area contributed by atoms with Gasteiger partial charge >= 0.3 is 0 Å². The van der Waals surface area contributed by atoms with E-state index in [2.05, 4.69) is 4.98 Å². The van der Waals surface area contributed by atoms with Gasteiger partial charge in [-0.2, -0.15) is 0 Å². The Morgan fingerprint density at radius 1 is 1.21 bits per heavy atom. The topological polar surface area (TPSA) is 49.0 Å². The molecule has 1 aliphatic heterocycles. The SMILES string of the molecule is Cc1[nH]c2ccccc2c1C(=O)N1CCC(c2nc3cc(Cl)ccc3s2)CC1. The van der Waals surface area contributed by atoms with E-state index in [1.54, 1.807) is 11.3 Å². The maximum Gasteiger partial charge on any atom is 0.256 e. The van der Waals surface area contributed by atoms with E-state index in [4.69, 9.17) is 16.6 Å². The van der Waals surface area contributed by atoms with Crippen LogP contribution in [0.5, 0.6) is 0 Å². The van der Waals surface area contributed by atoms with E-state index in [0.717, 1.165) is 63.6 Å². The lowest BCUT2D eigenvalue weighted by atomic mass is 9.96. The second-order valence-electron chi connectivity index (χ2n) is 7.40. The van der Waals surface area contributed by atoms with Gasteiger partial charge in [-0.25, -0.2) is 4.98 Å². The van der Waals surface area contributed by atoms with Crippen LogP contribution in [0, 0.1) is 6.92 Å². The van der Waals surface area contributed by atoms with Crippen molar-refractivity contribution in [1.82, 2.24) is 14.9 Å². The number of nitrogens with zero attached hydrogens (tertiary/aromatic N) is 2. The molecule has 1 amide bonds. The van der Waals surface area contributed by atoms with Crippen molar-refractivity contribution < 1.29 is 4.79 Å². The van der Waals surface area contributed by atoms with Crippen LogP contribution in [0.25, 0.3) is 21.1 Å². The fraction of sp³-hybridized carbons (Fsp3) is 0.273. The zero-order valence-corrected chi connectivity index (χ0v) is 17.1. The molecule has 1 aliphatic rings. The zero-order chi connectivity index (χ0) is 19.3. The smallest absolute Gasteiger partial charge is 0.256 e. The van der Waals surface area contributed by atoms with Crippen LogP contribution in [0.1, 0.15) is 39.8 Å². The number of carbonyl (C=O) groups excluding carboxylic acids is 1. The number of thiazole rings is 1. The largest absolute Gasteiger partial charge is 0.358 e. The standard InChI is InChI=1S/C22H20ClN3OS/c1-13-20(16-4-2-3-5-17(16)24-13)22(27)26-10-8-14(9-11-26)21-25-18-12-15(23)6-7-19(18)28-21/h2-7,12,14,24H,8-11H2,1H3. The van der Waals surface area contributed by atoms with Crippen LogP contribution in [-0.4, -0.2) is 33.9 Å². The Balaban J connectivity index is 1.34. The van der Waals surface area contributed by atoms with Crippen molar-refractivity contribution in [2.45, 2.75) is 25.7 Å². The fourth-order valence-electron chi connectivity index (χ4n) is 4.13. The molecule has 1 saturated heterocycles. The zero-order valence-electron chi connectivity index (χ0n) is 15.5. The molecule has 0 atom stereocenters. The van der Waals surface area contributed by atoms with E-state index in [0.29, 0.717) is 5.92 Å². The number of aromatic amines is 1. The van der Waals surface area contributed by atoms with E-state index in [9.17, 15) is 4.79 Å². The minimum Gasteiger partial charge on any atom is -0.358 e. The van der Waals surface area contributed by atoms with Gasteiger partial charge in [0.1, 0.15) is 0 Å². The average molecular weight is 410 g/mol. The number of nitrogens with one attached hydrogen (secondary N) is 1. The van der Waals surface area contributed by atoms with Gasteiger partial charge in [0.15, 0.2) is 0 Å². The molecule has 142 valence electrons. The number of amides is 1. The molecule has 0 unspecified atom stereocenters. The van der Waals surface area contributed by atoms with Gasteiger partial charge in [0.2, 0.25) is 0 Å². The number of carbonyl (C=O) groups is 1. The third kappa shape index (κ3) is 2.99. The molecule has 0 bridgehead atoms. The summed E-state index contributed by atoms with van der Waals surface area (Å²) in [5.41, 5.74) is 3.74. The van der Waals surface area contributed by atoms with Crippen LogP contribution < -0.4 is 0 Å². The van der Waals surface area contributed by atoms with Crippen molar-refractivity contribution in [3.05, 3.63) is 63.8 Å². The van der Waals surface area contributed by atoms with Gasteiger partial charge < -0.3 is 9.88 Å². The highest BCUT2D eigenvalue weighted by Crippen LogP contribution is 2.35. The van der Waals surface area contributed by atoms with E-state index in [1.807, 2.05) is 54.3 Å². The highest BCUT2D eigenvalue weighted by atomic mass is 35.5. The molecule has 6 heteroatoms. The maximum absolute atomic E-state index is 13.2. The van der Waals surface area contributed by atoms with Gasteiger partial charge in [0.05, 0.1) is 20.8 Å². The van der Waals surface area contributed by atoms with Crippen molar-refractivity contribution in [1.29, 1.82) is 0 Å².